The number of hydrogen-bond donors (Lipinski definition) is 1. The van der Waals surface area contributed by atoms with Crippen LogP contribution in [0.25, 0.3) is 0 Å². The number of alkyl halides is 5. The van der Waals surface area contributed by atoms with Crippen LogP contribution in [0.1, 0.15) is 20.7 Å². The minimum absolute atomic E-state index is 0.656. The Morgan fingerprint density at radius 2 is 1.54 bits per heavy atom. The van der Waals surface area contributed by atoms with Crippen LogP contribution in [-0.4, -0.2) is 47.6 Å². The number of carboxylic acid groups (broad SMARTS) is 1. The molecule has 0 aromatic heterocycles. The Bertz CT molecular complexity index is 756. The second-order valence-electron chi connectivity index (χ2n) is 4.19. The number of carboxylic acids is 1. The summed E-state index contributed by atoms with van der Waals surface area (Å²) in [6, 6.07) is 3.50. The lowest BCUT2D eigenvalue weighted by Crippen LogP contribution is -2.52. The van der Waals surface area contributed by atoms with Crippen LogP contribution in [0.3, 0.4) is 0 Å². The van der Waals surface area contributed by atoms with Crippen molar-refractivity contribution in [1.82, 2.24) is 0 Å². The minimum Gasteiger partial charge on any atom is -0.743 e. The maximum absolute atomic E-state index is 13.2. The number of benzene rings is 1. The molecule has 0 heterocycles. The third-order valence-corrected chi connectivity index (χ3v) is 3.42. The van der Waals surface area contributed by atoms with Crippen molar-refractivity contribution in [2.45, 2.75) is 17.5 Å². The molecule has 7 nitrogen and oxygen atoms in total. The summed E-state index contributed by atoms with van der Waals surface area (Å²) in [4.78, 5) is 22.4. The minimum atomic E-state index is -6.84. The molecule has 1 rings (SSSR count). The smallest absolute Gasteiger partial charge is 0.432 e. The number of rotatable bonds is 5. The van der Waals surface area contributed by atoms with E-state index in [0.717, 1.165) is 18.2 Å². The number of carbonyl (C=O) groups excluding carboxylic acids is 1. The maximum atomic E-state index is 13.2. The standard InChI is InChI=1S/C11H7F5O7S/c12-10(13,14)9(11(15,16)24(20,21)22)23-8(19)6-4-2-1-3-5(6)7(17)18/h1-4,9H,(H,17,18)(H,20,21,22)/p-1. The van der Waals surface area contributed by atoms with Gasteiger partial charge in [0.05, 0.1) is 11.1 Å². The third kappa shape index (κ3) is 3.97. The summed E-state index contributed by atoms with van der Waals surface area (Å²) in [5.41, 5.74) is -1.92. The highest BCUT2D eigenvalue weighted by Crippen LogP contribution is 2.38. The number of aromatic carboxylic acids is 1. The monoisotopic (exact) mass is 377 g/mol. The van der Waals surface area contributed by atoms with Gasteiger partial charge in [-0.2, -0.15) is 22.0 Å². The Labute approximate surface area is 130 Å². The maximum Gasteiger partial charge on any atom is 0.432 e. The van der Waals surface area contributed by atoms with Crippen molar-refractivity contribution < 1.29 is 54.4 Å². The molecule has 24 heavy (non-hydrogen) atoms. The first-order valence-corrected chi connectivity index (χ1v) is 7.03. The molecule has 0 saturated carbocycles. The van der Waals surface area contributed by atoms with Gasteiger partial charge in [-0.15, -0.1) is 0 Å². The first-order chi connectivity index (χ1) is 10.7. The molecule has 0 fully saturated rings. The highest BCUT2D eigenvalue weighted by molar-refractivity contribution is 7.86. The van der Waals surface area contributed by atoms with Crippen LogP contribution >= 0.6 is 0 Å². The Hall–Kier alpha value is -2.28. The molecule has 0 aliphatic rings. The van der Waals surface area contributed by atoms with E-state index in [1.165, 1.54) is 0 Å². The lowest BCUT2D eigenvalue weighted by atomic mass is 10.1. The molecule has 0 radical (unpaired) electrons. The summed E-state index contributed by atoms with van der Waals surface area (Å²) in [5.74, 6) is -3.98. The average molecular weight is 377 g/mol. The molecule has 0 spiro atoms. The van der Waals surface area contributed by atoms with Crippen LogP contribution in [0.15, 0.2) is 24.3 Å². The second kappa shape index (κ2) is 6.32. The van der Waals surface area contributed by atoms with Crippen molar-refractivity contribution in [3.8, 4) is 0 Å². The summed E-state index contributed by atoms with van der Waals surface area (Å²) in [6.07, 6.45) is -10.7. The molecule has 0 saturated heterocycles. The van der Waals surface area contributed by atoms with E-state index < -0.39 is 50.7 Å². The van der Waals surface area contributed by atoms with Gasteiger partial charge in [0.15, 0.2) is 10.1 Å². The van der Waals surface area contributed by atoms with Gasteiger partial charge in [0.1, 0.15) is 0 Å². The summed E-state index contributed by atoms with van der Waals surface area (Å²) in [7, 11) is -6.84. The molecular formula is C11H6F5O7S-. The van der Waals surface area contributed by atoms with E-state index in [0.29, 0.717) is 6.07 Å². The van der Waals surface area contributed by atoms with Crippen LogP contribution in [0.4, 0.5) is 22.0 Å². The van der Waals surface area contributed by atoms with Crippen molar-refractivity contribution in [2.24, 2.45) is 0 Å². The molecule has 13 heteroatoms. The number of esters is 1. The van der Waals surface area contributed by atoms with Gasteiger partial charge in [-0.05, 0) is 12.1 Å². The summed E-state index contributed by atoms with van der Waals surface area (Å²) < 4.78 is 98.7. The van der Waals surface area contributed by atoms with Crippen LogP contribution in [0.5, 0.6) is 0 Å². The van der Waals surface area contributed by atoms with Gasteiger partial charge < -0.3 is 14.4 Å². The zero-order valence-electron chi connectivity index (χ0n) is 11.1. The van der Waals surface area contributed by atoms with Gasteiger partial charge in [0.25, 0.3) is 6.10 Å². The molecule has 1 unspecified atom stereocenters. The second-order valence-corrected chi connectivity index (χ2v) is 5.65. The van der Waals surface area contributed by atoms with Crippen molar-refractivity contribution in [3.05, 3.63) is 35.4 Å². The molecule has 0 aliphatic heterocycles. The van der Waals surface area contributed by atoms with E-state index in [1.54, 1.807) is 0 Å². The largest absolute Gasteiger partial charge is 0.743 e. The number of carbonyl (C=O) groups is 2. The number of halogens is 5. The van der Waals surface area contributed by atoms with Crippen molar-refractivity contribution in [2.75, 3.05) is 0 Å². The average Bonchev–Trinajstić information content (AvgIpc) is 2.41. The van der Waals surface area contributed by atoms with Crippen LogP contribution in [0, 0.1) is 0 Å². The first kappa shape index (κ1) is 19.8. The molecule has 1 N–H and O–H groups in total. The van der Waals surface area contributed by atoms with Crippen molar-refractivity contribution >= 4 is 22.1 Å². The van der Waals surface area contributed by atoms with Crippen molar-refractivity contribution in [3.63, 3.8) is 0 Å². The van der Waals surface area contributed by atoms with E-state index in [2.05, 4.69) is 4.74 Å². The Morgan fingerprint density at radius 1 is 1.08 bits per heavy atom. The predicted molar refractivity (Wildman–Crippen MR) is 63.3 cm³/mol. The van der Waals surface area contributed by atoms with E-state index in [4.69, 9.17) is 5.11 Å². The number of hydrogen-bond acceptors (Lipinski definition) is 6. The first-order valence-electron chi connectivity index (χ1n) is 5.63. The Balaban J connectivity index is 3.33. The zero-order valence-corrected chi connectivity index (χ0v) is 11.9. The lowest BCUT2D eigenvalue weighted by molar-refractivity contribution is -0.248. The fourth-order valence-corrected chi connectivity index (χ4v) is 1.92. The summed E-state index contributed by atoms with van der Waals surface area (Å²) in [5, 5.41) is 2.76. The normalized spacial score (nSPS) is 14.1. The molecule has 0 amide bonds. The highest BCUT2D eigenvalue weighted by atomic mass is 32.2. The zero-order chi connectivity index (χ0) is 18.9. The van der Waals surface area contributed by atoms with E-state index >= 15 is 0 Å². The van der Waals surface area contributed by atoms with Gasteiger partial charge >= 0.3 is 23.4 Å². The molecule has 1 atom stereocenters. The van der Waals surface area contributed by atoms with Gasteiger partial charge in [-0.25, -0.2) is 18.0 Å². The molecule has 134 valence electrons. The van der Waals surface area contributed by atoms with Gasteiger partial charge in [-0.1, -0.05) is 12.1 Å². The molecular weight excluding hydrogens is 371 g/mol. The van der Waals surface area contributed by atoms with Crippen LogP contribution in [0.2, 0.25) is 0 Å². The highest BCUT2D eigenvalue weighted by Gasteiger charge is 2.63. The lowest BCUT2D eigenvalue weighted by Gasteiger charge is -2.29. The van der Waals surface area contributed by atoms with E-state index in [9.17, 15) is 44.5 Å². The van der Waals surface area contributed by atoms with Gasteiger partial charge in [-0.3, -0.25) is 0 Å². The summed E-state index contributed by atoms with van der Waals surface area (Å²) >= 11 is 0. The quantitative estimate of drug-likeness (QED) is 0.470. The van der Waals surface area contributed by atoms with Gasteiger partial charge in [0.2, 0.25) is 0 Å². The molecule has 1 aromatic rings. The fraction of sp³-hybridized carbons (Fsp3) is 0.273. The third-order valence-electron chi connectivity index (χ3n) is 2.54. The summed E-state index contributed by atoms with van der Waals surface area (Å²) in [6.45, 7) is 0. The molecule has 0 aliphatic carbocycles. The predicted octanol–water partition coefficient (Wildman–Crippen LogP) is 1.61. The molecule has 1 aromatic carbocycles. The van der Waals surface area contributed by atoms with Gasteiger partial charge in [0, 0.05) is 0 Å². The van der Waals surface area contributed by atoms with Crippen LogP contribution in [-0.2, 0) is 14.9 Å². The molecule has 0 bridgehead atoms. The fourth-order valence-electron chi connectivity index (χ4n) is 1.48. The topological polar surface area (TPSA) is 121 Å². The number of ether oxygens (including phenoxy) is 1. The van der Waals surface area contributed by atoms with E-state index in [1.807, 2.05) is 0 Å². The van der Waals surface area contributed by atoms with Crippen molar-refractivity contribution in [1.29, 1.82) is 0 Å². The van der Waals surface area contributed by atoms with Crippen LogP contribution < -0.4 is 0 Å². The Morgan fingerprint density at radius 3 is 1.92 bits per heavy atom. The Kier molecular flexibility index (Phi) is 5.20. The van der Waals surface area contributed by atoms with E-state index in [-0.39, 0.29) is 0 Å². The SMILES string of the molecule is O=C(O)c1ccccc1C(=O)OC(C(F)(F)F)C(F)(F)S(=O)(=O)[O-].